The minimum Gasteiger partial charge on any atom is -0.333 e. The summed E-state index contributed by atoms with van der Waals surface area (Å²) >= 11 is 0. The first-order chi connectivity index (χ1) is 11.6. The highest BCUT2D eigenvalue weighted by Gasteiger charge is 2.33. The number of rotatable bonds is 3. The second-order valence-corrected chi connectivity index (χ2v) is 8.15. The van der Waals surface area contributed by atoms with Gasteiger partial charge in [0.15, 0.2) is 9.84 Å². The van der Waals surface area contributed by atoms with Gasteiger partial charge in [-0.15, -0.1) is 0 Å². The van der Waals surface area contributed by atoms with Crippen LogP contribution in [0.4, 0.5) is 0 Å². The molecule has 132 valence electrons. The first-order valence-electron chi connectivity index (χ1n) is 8.20. The van der Waals surface area contributed by atoms with E-state index in [9.17, 15) is 8.42 Å². The predicted octanol–water partition coefficient (Wildman–Crippen LogP) is 2.72. The summed E-state index contributed by atoms with van der Waals surface area (Å²) in [5.74, 6) is 0.483. The number of sulfone groups is 1. The molecule has 0 radical (unpaired) electrons. The minimum atomic E-state index is -2.90. The quantitative estimate of drug-likeness (QED) is 0.926. The summed E-state index contributed by atoms with van der Waals surface area (Å²) in [7, 11) is -1.40. The Kier molecular flexibility index (Phi) is 6.54. The molecule has 2 N–H and O–H groups in total. The van der Waals surface area contributed by atoms with Gasteiger partial charge in [0.05, 0.1) is 17.5 Å². The number of hydrogen-bond donors (Lipinski definition) is 1. The third kappa shape index (κ3) is 4.44. The maximum atomic E-state index is 11.9. The van der Waals surface area contributed by atoms with Crippen molar-refractivity contribution in [1.82, 2.24) is 4.90 Å². The van der Waals surface area contributed by atoms with Crippen LogP contribution in [-0.2, 0) is 9.84 Å². The first kappa shape index (κ1) is 18.6. The average molecular weight is 349 g/mol. The Hall–Kier alpha value is -1.69. The molecule has 1 unspecified atom stereocenters. The highest BCUT2D eigenvalue weighted by atomic mass is 32.2. The van der Waals surface area contributed by atoms with E-state index in [0.717, 1.165) is 0 Å². The van der Waals surface area contributed by atoms with Gasteiger partial charge < -0.3 is 5.73 Å². The molecule has 0 spiro atoms. The Morgan fingerprint density at radius 3 is 1.88 bits per heavy atom. The number of benzene rings is 2. The summed E-state index contributed by atoms with van der Waals surface area (Å²) in [5.41, 5.74) is 6.92. The largest absolute Gasteiger partial charge is 0.333 e. The van der Waals surface area contributed by atoms with Crippen LogP contribution in [0.1, 0.15) is 25.5 Å². The number of nitrogens with two attached hydrogens (primary N) is 1. The second-order valence-electron chi connectivity index (χ2n) is 5.93. The molecule has 2 aromatic carbocycles. The van der Waals surface area contributed by atoms with Crippen LogP contribution in [0.3, 0.4) is 0 Å². The van der Waals surface area contributed by atoms with Gasteiger partial charge in [0.1, 0.15) is 0 Å². The third-order valence-corrected chi connectivity index (χ3v) is 6.08. The predicted molar refractivity (Wildman–Crippen MR) is 102 cm³/mol. The molecule has 1 heterocycles. The van der Waals surface area contributed by atoms with Crippen molar-refractivity contribution < 1.29 is 9.84 Å². The molecule has 0 bridgehead atoms. The van der Waals surface area contributed by atoms with Gasteiger partial charge in [-0.1, -0.05) is 60.7 Å². The van der Waals surface area contributed by atoms with E-state index < -0.39 is 9.84 Å². The Bertz CT molecular complexity index is 684. The Labute approximate surface area is 146 Å². The summed E-state index contributed by atoms with van der Waals surface area (Å²) in [6.45, 7) is 2.59. The van der Waals surface area contributed by atoms with Gasteiger partial charge in [0.25, 0.3) is 0 Å². The van der Waals surface area contributed by atoms with Crippen molar-refractivity contribution in [2.45, 2.75) is 19.0 Å². The smallest absolute Gasteiger partial charge is 0.153 e. The standard InChI is InChI=1S/C18H21NO2S.CH5N.H2/c1-15-14-22(20,21)13-12-19(15)18(16-8-4-2-5-9-16)17-10-6-3-7-11-17;1-2;/h2-11,15,18H,12-14H2,1H3;2H2,1H3;1H. The number of hydrogen-bond acceptors (Lipinski definition) is 4. The van der Waals surface area contributed by atoms with Crippen LogP contribution in [0.15, 0.2) is 60.7 Å². The van der Waals surface area contributed by atoms with E-state index >= 15 is 0 Å². The molecule has 4 nitrogen and oxygen atoms in total. The fourth-order valence-electron chi connectivity index (χ4n) is 3.24. The van der Waals surface area contributed by atoms with Gasteiger partial charge in [0, 0.05) is 14.0 Å². The van der Waals surface area contributed by atoms with Gasteiger partial charge >= 0.3 is 0 Å². The molecule has 3 rings (SSSR count). The summed E-state index contributed by atoms with van der Waals surface area (Å²) < 4.78 is 23.8. The van der Waals surface area contributed by atoms with E-state index in [-0.39, 0.29) is 25.0 Å². The molecule has 1 atom stereocenters. The molecule has 1 aliphatic rings. The maximum absolute atomic E-state index is 11.9. The molecule has 2 aromatic rings. The maximum Gasteiger partial charge on any atom is 0.153 e. The molecule has 5 heteroatoms. The van der Waals surface area contributed by atoms with Gasteiger partial charge in [-0.25, -0.2) is 8.42 Å². The Balaban J connectivity index is 0.00000101. The van der Waals surface area contributed by atoms with Crippen LogP contribution in [0.5, 0.6) is 0 Å². The fourth-order valence-corrected chi connectivity index (χ4v) is 4.82. The molecule has 0 aromatic heterocycles. The summed E-state index contributed by atoms with van der Waals surface area (Å²) in [5, 5.41) is 0. The molecule has 1 saturated heterocycles. The lowest BCUT2D eigenvalue weighted by Crippen LogP contribution is -2.48. The number of nitrogens with zero attached hydrogens (tertiary/aromatic N) is 1. The van der Waals surface area contributed by atoms with Crippen molar-refractivity contribution in [1.29, 1.82) is 0 Å². The lowest BCUT2D eigenvalue weighted by molar-refractivity contribution is 0.182. The van der Waals surface area contributed by atoms with E-state index in [4.69, 9.17) is 0 Å². The van der Waals surface area contributed by atoms with Crippen LogP contribution < -0.4 is 5.73 Å². The average Bonchev–Trinajstić information content (AvgIpc) is 2.60. The van der Waals surface area contributed by atoms with Crippen LogP contribution >= 0.6 is 0 Å². The molecule has 0 saturated carbocycles. The lowest BCUT2D eigenvalue weighted by atomic mass is 9.96. The zero-order valence-electron chi connectivity index (χ0n) is 14.3. The Morgan fingerprint density at radius 1 is 1.00 bits per heavy atom. The van der Waals surface area contributed by atoms with Gasteiger partial charge in [0.2, 0.25) is 0 Å². The monoisotopic (exact) mass is 348 g/mol. The van der Waals surface area contributed by atoms with E-state index in [1.807, 2.05) is 43.3 Å². The SMILES string of the molecule is CC1CS(=O)(=O)CCN1C(c1ccccc1)c1ccccc1.CN.[HH]. The molecular weight excluding hydrogens is 320 g/mol. The topological polar surface area (TPSA) is 63.4 Å². The Morgan fingerprint density at radius 2 is 1.46 bits per heavy atom. The minimum absolute atomic E-state index is 0. The molecule has 1 fully saturated rings. The zero-order valence-corrected chi connectivity index (χ0v) is 15.1. The normalized spacial score (nSPS) is 20.2. The third-order valence-electron chi connectivity index (χ3n) is 4.28. The van der Waals surface area contributed by atoms with Crippen LogP contribution in [0.2, 0.25) is 0 Å². The molecular formula is C19H28N2O2S. The van der Waals surface area contributed by atoms with Gasteiger partial charge in [-0.2, -0.15) is 0 Å². The van der Waals surface area contributed by atoms with Crippen molar-refractivity contribution >= 4 is 9.84 Å². The lowest BCUT2D eigenvalue weighted by Gasteiger charge is -2.39. The molecule has 24 heavy (non-hydrogen) atoms. The van der Waals surface area contributed by atoms with E-state index in [1.54, 1.807) is 0 Å². The van der Waals surface area contributed by atoms with Gasteiger partial charge in [-0.05, 0) is 25.1 Å². The molecule has 0 aliphatic carbocycles. The van der Waals surface area contributed by atoms with E-state index in [0.29, 0.717) is 6.54 Å². The highest BCUT2D eigenvalue weighted by Crippen LogP contribution is 2.32. The van der Waals surface area contributed by atoms with Gasteiger partial charge in [-0.3, -0.25) is 4.90 Å². The van der Waals surface area contributed by atoms with E-state index in [1.165, 1.54) is 18.2 Å². The van der Waals surface area contributed by atoms with E-state index in [2.05, 4.69) is 34.9 Å². The van der Waals surface area contributed by atoms with Crippen molar-refractivity contribution in [3.05, 3.63) is 71.8 Å². The van der Waals surface area contributed by atoms with Crippen LogP contribution in [0.25, 0.3) is 0 Å². The summed E-state index contributed by atoms with van der Waals surface area (Å²) in [6.07, 6.45) is 0. The zero-order chi connectivity index (χ0) is 17.6. The first-order valence-corrected chi connectivity index (χ1v) is 10.0. The van der Waals surface area contributed by atoms with Crippen LogP contribution in [-0.4, -0.2) is 44.5 Å². The fraction of sp³-hybridized carbons (Fsp3) is 0.368. The van der Waals surface area contributed by atoms with Crippen LogP contribution in [0, 0.1) is 0 Å². The molecule has 1 aliphatic heterocycles. The van der Waals surface area contributed by atoms with Crippen molar-refractivity contribution in [3.8, 4) is 0 Å². The summed E-state index contributed by atoms with van der Waals surface area (Å²) in [6, 6.07) is 20.8. The summed E-state index contributed by atoms with van der Waals surface area (Å²) in [4.78, 5) is 2.31. The second kappa shape index (κ2) is 8.42. The van der Waals surface area contributed by atoms with Crippen molar-refractivity contribution in [2.75, 3.05) is 25.1 Å². The molecule has 0 amide bonds. The van der Waals surface area contributed by atoms with Crippen molar-refractivity contribution in [2.24, 2.45) is 5.73 Å². The van der Waals surface area contributed by atoms with Crippen molar-refractivity contribution in [3.63, 3.8) is 0 Å². The highest BCUT2D eigenvalue weighted by molar-refractivity contribution is 7.91.